The molecule has 0 fully saturated rings. The summed E-state index contributed by atoms with van der Waals surface area (Å²) in [6.45, 7) is 0.170. The number of fused-ring (bicyclic) bond motifs is 1. The molecular weight excluding hydrogens is 364 g/mol. The minimum atomic E-state index is -0.387. The van der Waals surface area contributed by atoms with Crippen molar-refractivity contribution in [2.75, 3.05) is 19.0 Å². The monoisotopic (exact) mass is 384 g/mol. The summed E-state index contributed by atoms with van der Waals surface area (Å²) in [6.07, 6.45) is 5.12. The summed E-state index contributed by atoms with van der Waals surface area (Å²) in [5, 5.41) is 0.763. The zero-order valence-corrected chi connectivity index (χ0v) is 16.2. The Labute approximate surface area is 168 Å². The van der Waals surface area contributed by atoms with Gasteiger partial charge in [-0.3, -0.25) is 4.98 Å². The van der Waals surface area contributed by atoms with Gasteiger partial charge in [0, 0.05) is 43.6 Å². The number of pyridine rings is 3. The smallest absolute Gasteiger partial charge is 0.339 e. The molecule has 0 aliphatic carbocycles. The van der Waals surface area contributed by atoms with Crippen molar-refractivity contribution in [3.8, 4) is 11.3 Å². The Balaban J connectivity index is 1.65. The molecule has 6 heteroatoms. The number of carbonyl (C=O) groups excluding carboxylic acids is 1. The van der Waals surface area contributed by atoms with Crippen LogP contribution in [0.1, 0.15) is 15.9 Å². The number of para-hydroxylation sites is 1. The highest BCUT2D eigenvalue weighted by Crippen LogP contribution is 2.25. The number of hydrogen-bond donors (Lipinski definition) is 0. The van der Waals surface area contributed by atoms with Gasteiger partial charge < -0.3 is 9.64 Å². The zero-order chi connectivity index (χ0) is 20.2. The van der Waals surface area contributed by atoms with Gasteiger partial charge in [0.25, 0.3) is 0 Å². The predicted molar refractivity (Wildman–Crippen MR) is 113 cm³/mol. The van der Waals surface area contributed by atoms with Gasteiger partial charge in [0.1, 0.15) is 12.4 Å². The predicted octanol–water partition coefficient (Wildman–Crippen LogP) is 4.11. The minimum absolute atomic E-state index is 0.170. The van der Waals surface area contributed by atoms with Gasteiger partial charge in [0.15, 0.2) is 0 Å². The van der Waals surface area contributed by atoms with Crippen LogP contribution in [0.2, 0.25) is 0 Å². The third-order valence-corrected chi connectivity index (χ3v) is 4.55. The van der Waals surface area contributed by atoms with Crippen LogP contribution in [0.15, 0.2) is 73.2 Å². The molecule has 0 radical (unpaired) electrons. The normalized spacial score (nSPS) is 10.7. The van der Waals surface area contributed by atoms with Crippen molar-refractivity contribution in [1.82, 2.24) is 15.0 Å². The fourth-order valence-electron chi connectivity index (χ4n) is 3.04. The van der Waals surface area contributed by atoms with E-state index in [4.69, 9.17) is 4.74 Å². The van der Waals surface area contributed by atoms with Gasteiger partial charge in [-0.25, -0.2) is 14.8 Å². The Kier molecular flexibility index (Phi) is 5.16. The van der Waals surface area contributed by atoms with Gasteiger partial charge in [-0.1, -0.05) is 18.2 Å². The summed E-state index contributed by atoms with van der Waals surface area (Å²) in [5.74, 6) is 0.426. The molecule has 1 aromatic carbocycles. The maximum Gasteiger partial charge on any atom is 0.339 e. The summed E-state index contributed by atoms with van der Waals surface area (Å²) in [4.78, 5) is 27.9. The first kappa shape index (κ1) is 18.6. The van der Waals surface area contributed by atoms with E-state index in [9.17, 15) is 4.79 Å². The zero-order valence-electron chi connectivity index (χ0n) is 16.2. The van der Waals surface area contributed by atoms with Crippen molar-refractivity contribution in [2.24, 2.45) is 0 Å². The average Bonchev–Trinajstić information content (AvgIpc) is 2.77. The summed E-state index contributed by atoms with van der Waals surface area (Å²) in [6, 6.07) is 16.8. The van der Waals surface area contributed by atoms with Gasteiger partial charge in [-0.05, 0) is 42.0 Å². The van der Waals surface area contributed by atoms with Crippen molar-refractivity contribution in [1.29, 1.82) is 0 Å². The quantitative estimate of drug-likeness (QED) is 0.482. The number of esters is 1. The van der Waals surface area contributed by atoms with Crippen molar-refractivity contribution < 1.29 is 9.53 Å². The molecule has 144 valence electrons. The largest absolute Gasteiger partial charge is 0.457 e. The van der Waals surface area contributed by atoms with E-state index in [1.807, 2.05) is 67.5 Å². The molecule has 0 unspecified atom stereocenters. The van der Waals surface area contributed by atoms with Crippen LogP contribution in [0, 0.1) is 0 Å². The molecule has 0 saturated carbocycles. The first-order valence-corrected chi connectivity index (χ1v) is 9.21. The van der Waals surface area contributed by atoms with Crippen molar-refractivity contribution >= 4 is 22.7 Å². The molecule has 0 atom stereocenters. The maximum atomic E-state index is 12.9. The molecule has 6 nitrogen and oxygen atoms in total. The lowest BCUT2D eigenvalue weighted by molar-refractivity contribution is 0.0475. The molecule has 0 aliphatic rings. The van der Waals surface area contributed by atoms with E-state index in [1.165, 1.54) is 0 Å². The molecule has 3 heterocycles. The Hall–Kier alpha value is -3.80. The van der Waals surface area contributed by atoms with Crippen LogP contribution in [0.4, 0.5) is 5.82 Å². The molecule has 4 aromatic rings. The topological polar surface area (TPSA) is 68.2 Å². The lowest BCUT2D eigenvalue weighted by Crippen LogP contribution is -2.11. The van der Waals surface area contributed by atoms with Gasteiger partial charge in [0.2, 0.25) is 0 Å². The molecular formula is C23H20N4O2. The molecule has 0 bridgehead atoms. The molecule has 0 amide bonds. The van der Waals surface area contributed by atoms with Crippen LogP contribution in [0.3, 0.4) is 0 Å². The third-order valence-electron chi connectivity index (χ3n) is 4.55. The minimum Gasteiger partial charge on any atom is -0.457 e. The lowest BCUT2D eigenvalue weighted by Gasteiger charge is -2.13. The van der Waals surface area contributed by atoms with E-state index >= 15 is 0 Å². The summed E-state index contributed by atoms with van der Waals surface area (Å²) < 4.78 is 5.62. The molecule has 0 saturated heterocycles. The van der Waals surface area contributed by atoms with Crippen LogP contribution in [-0.4, -0.2) is 35.0 Å². The van der Waals surface area contributed by atoms with E-state index in [0.29, 0.717) is 11.3 Å². The molecule has 29 heavy (non-hydrogen) atoms. The van der Waals surface area contributed by atoms with Crippen molar-refractivity contribution in [3.05, 3.63) is 84.3 Å². The number of hydrogen-bond acceptors (Lipinski definition) is 6. The number of benzene rings is 1. The number of nitrogens with zero attached hydrogens (tertiary/aromatic N) is 4. The Bertz CT molecular complexity index is 1160. The fraction of sp³-hybridized carbons (Fsp3) is 0.130. The van der Waals surface area contributed by atoms with Gasteiger partial charge in [-0.15, -0.1) is 0 Å². The van der Waals surface area contributed by atoms with Crippen LogP contribution >= 0.6 is 0 Å². The first-order chi connectivity index (χ1) is 14.1. The second kappa shape index (κ2) is 8.06. The maximum absolute atomic E-state index is 12.9. The third kappa shape index (κ3) is 4.06. The summed E-state index contributed by atoms with van der Waals surface area (Å²) in [5.41, 5.74) is 3.71. The Morgan fingerprint density at radius 1 is 1.00 bits per heavy atom. The Morgan fingerprint density at radius 3 is 2.59 bits per heavy atom. The molecule has 4 rings (SSSR count). The molecule has 3 aromatic heterocycles. The van der Waals surface area contributed by atoms with Crippen LogP contribution in [0.25, 0.3) is 22.2 Å². The second-order valence-corrected chi connectivity index (χ2v) is 6.80. The van der Waals surface area contributed by atoms with Gasteiger partial charge >= 0.3 is 5.97 Å². The van der Waals surface area contributed by atoms with Crippen LogP contribution in [-0.2, 0) is 11.3 Å². The highest BCUT2D eigenvalue weighted by molar-refractivity contribution is 6.04. The SMILES string of the molecule is CN(C)c1cc(COC(=O)c2cc(-c3ccncc3)nc3ccccc23)ccn1. The standard InChI is InChI=1S/C23H20N4O2/c1-27(2)22-13-16(7-12-25-22)15-29-23(28)19-14-21(17-8-10-24-11-9-17)26-20-6-4-3-5-18(19)20/h3-14H,15H2,1-2H3. The number of carbonyl (C=O) groups is 1. The van der Waals surface area contributed by atoms with E-state index in [-0.39, 0.29) is 12.6 Å². The van der Waals surface area contributed by atoms with Crippen LogP contribution in [0.5, 0.6) is 0 Å². The summed E-state index contributed by atoms with van der Waals surface area (Å²) in [7, 11) is 3.84. The highest BCUT2D eigenvalue weighted by atomic mass is 16.5. The number of rotatable bonds is 5. The number of aromatic nitrogens is 3. The van der Waals surface area contributed by atoms with E-state index in [2.05, 4.69) is 15.0 Å². The van der Waals surface area contributed by atoms with E-state index in [1.54, 1.807) is 24.7 Å². The molecule has 0 aliphatic heterocycles. The number of anilines is 1. The Morgan fingerprint density at radius 2 is 1.79 bits per heavy atom. The molecule has 0 spiro atoms. The highest BCUT2D eigenvalue weighted by Gasteiger charge is 2.15. The number of ether oxygens (including phenoxy) is 1. The van der Waals surface area contributed by atoms with Crippen LogP contribution < -0.4 is 4.90 Å². The summed E-state index contributed by atoms with van der Waals surface area (Å²) >= 11 is 0. The van der Waals surface area contributed by atoms with Gasteiger partial charge in [0.05, 0.1) is 16.8 Å². The van der Waals surface area contributed by atoms with E-state index in [0.717, 1.165) is 27.8 Å². The first-order valence-electron chi connectivity index (χ1n) is 9.21. The van der Waals surface area contributed by atoms with Crippen molar-refractivity contribution in [2.45, 2.75) is 6.61 Å². The fourth-order valence-corrected chi connectivity index (χ4v) is 3.04. The van der Waals surface area contributed by atoms with Gasteiger partial charge in [-0.2, -0.15) is 0 Å². The average molecular weight is 384 g/mol. The van der Waals surface area contributed by atoms with Crippen molar-refractivity contribution in [3.63, 3.8) is 0 Å². The molecule has 0 N–H and O–H groups in total. The second-order valence-electron chi connectivity index (χ2n) is 6.80. The van der Waals surface area contributed by atoms with E-state index < -0.39 is 0 Å². The lowest BCUT2D eigenvalue weighted by atomic mass is 10.0.